The monoisotopic (exact) mass is 389 g/mol. The highest BCUT2D eigenvalue weighted by Crippen LogP contribution is 2.39. The number of nitrogens with two attached hydrogens (primary N) is 1. The van der Waals surface area contributed by atoms with Crippen molar-refractivity contribution in [2.24, 2.45) is 5.73 Å². The lowest BCUT2D eigenvalue weighted by molar-refractivity contribution is -0.0512. The van der Waals surface area contributed by atoms with Crippen LogP contribution in [-0.2, 0) is 0 Å². The fraction of sp³-hybridized carbons (Fsp3) is 0.529. The van der Waals surface area contributed by atoms with Crippen molar-refractivity contribution in [3.05, 3.63) is 24.1 Å². The maximum atomic E-state index is 12.4. The van der Waals surface area contributed by atoms with Crippen LogP contribution in [0.5, 0.6) is 11.5 Å². The largest absolute Gasteiger partial charge is 0.493 e. The van der Waals surface area contributed by atoms with Gasteiger partial charge >= 0.3 is 6.61 Å². The Morgan fingerprint density at radius 2 is 2.08 bits per heavy atom. The molecular weight excluding hydrogens is 368 g/mol. The number of benzene rings is 1. The Labute approximate surface area is 156 Å². The summed E-state index contributed by atoms with van der Waals surface area (Å²) in [5.74, 6) is 0.993. The normalized spacial score (nSPS) is 22.8. The third-order valence-electron chi connectivity index (χ3n) is 4.63. The van der Waals surface area contributed by atoms with E-state index < -0.39 is 6.61 Å². The summed E-state index contributed by atoms with van der Waals surface area (Å²) in [6, 6.07) is 4.51. The van der Waals surface area contributed by atoms with E-state index in [2.05, 4.69) is 14.9 Å². The van der Waals surface area contributed by atoms with Crippen LogP contribution in [0.25, 0.3) is 11.4 Å². The van der Waals surface area contributed by atoms with Crippen molar-refractivity contribution in [3.8, 4) is 22.9 Å². The summed E-state index contributed by atoms with van der Waals surface area (Å²) < 4.78 is 39.8. The first-order valence-electron chi connectivity index (χ1n) is 8.16. The summed E-state index contributed by atoms with van der Waals surface area (Å²) in [7, 11) is 1.38. The predicted octanol–water partition coefficient (Wildman–Crippen LogP) is 4.14. The van der Waals surface area contributed by atoms with Gasteiger partial charge in [-0.2, -0.15) is 13.8 Å². The topological polar surface area (TPSA) is 83.4 Å². The van der Waals surface area contributed by atoms with Crippen LogP contribution >= 0.6 is 12.4 Å². The molecule has 3 rings (SSSR count). The van der Waals surface area contributed by atoms with Gasteiger partial charge in [0.05, 0.1) is 13.0 Å². The first-order valence-corrected chi connectivity index (χ1v) is 8.16. The molecule has 1 aliphatic rings. The number of rotatable bonds is 5. The van der Waals surface area contributed by atoms with Gasteiger partial charge in [-0.25, -0.2) is 0 Å². The number of aromatic nitrogens is 2. The van der Waals surface area contributed by atoms with Crippen LogP contribution in [0.1, 0.15) is 44.4 Å². The molecule has 1 heterocycles. The van der Waals surface area contributed by atoms with Gasteiger partial charge in [0, 0.05) is 11.1 Å². The van der Waals surface area contributed by atoms with Gasteiger partial charge in [0.1, 0.15) is 0 Å². The van der Waals surface area contributed by atoms with E-state index in [1.165, 1.54) is 19.2 Å². The second-order valence-electron chi connectivity index (χ2n) is 6.50. The van der Waals surface area contributed by atoms with Crippen LogP contribution in [0, 0.1) is 0 Å². The predicted molar refractivity (Wildman–Crippen MR) is 94.0 cm³/mol. The van der Waals surface area contributed by atoms with E-state index in [0.29, 0.717) is 17.3 Å². The van der Waals surface area contributed by atoms with E-state index in [4.69, 9.17) is 15.0 Å². The van der Waals surface area contributed by atoms with Gasteiger partial charge in [0.15, 0.2) is 11.5 Å². The summed E-state index contributed by atoms with van der Waals surface area (Å²) in [6.45, 7) is -0.926. The van der Waals surface area contributed by atoms with E-state index in [9.17, 15) is 8.78 Å². The van der Waals surface area contributed by atoms with Gasteiger partial charge in [0.25, 0.3) is 0 Å². The SMILES string of the molecule is COc1cc(-c2noc(C3CCCCC3(C)N)n2)ccc1OC(F)F.Cl. The highest BCUT2D eigenvalue weighted by molar-refractivity contribution is 5.85. The molecule has 0 amide bonds. The first kappa shape index (κ1) is 20.4. The minimum Gasteiger partial charge on any atom is -0.493 e. The molecule has 2 unspecified atom stereocenters. The van der Waals surface area contributed by atoms with Gasteiger partial charge in [-0.15, -0.1) is 12.4 Å². The standard InChI is InChI=1S/C17H21F2N3O3.ClH/c1-17(20)8-4-3-5-11(17)15-21-14(22-25-15)10-6-7-12(24-16(18)19)13(9-10)23-2;/h6-7,9,11,16H,3-5,8,20H2,1-2H3;1H. The van der Waals surface area contributed by atoms with Gasteiger partial charge in [-0.1, -0.05) is 18.0 Å². The number of halogens is 3. The molecule has 1 aromatic heterocycles. The Hall–Kier alpha value is -1.93. The smallest absolute Gasteiger partial charge is 0.387 e. The van der Waals surface area contributed by atoms with E-state index in [-0.39, 0.29) is 35.4 Å². The van der Waals surface area contributed by atoms with Gasteiger partial charge in [-0.05, 0) is 38.0 Å². The van der Waals surface area contributed by atoms with Crippen molar-refractivity contribution >= 4 is 12.4 Å². The van der Waals surface area contributed by atoms with Crippen molar-refractivity contribution in [3.63, 3.8) is 0 Å². The summed E-state index contributed by atoms with van der Waals surface area (Å²) in [4.78, 5) is 4.46. The molecule has 1 fully saturated rings. The molecule has 2 aromatic rings. The van der Waals surface area contributed by atoms with Crippen molar-refractivity contribution in [1.82, 2.24) is 10.1 Å². The minimum atomic E-state index is -2.93. The molecule has 9 heteroatoms. The van der Waals surface area contributed by atoms with E-state index in [0.717, 1.165) is 25.7 Å². The quantitative estimate of drug-likeness (QED) is 0.827. The van der Waals surface area contributed by atoms with Gasteiger partial charge in [0.2, 0.25) is 11.7 Å². The lowest BCUT2D eigenvalue weighted by atomic mass is 9.74. The molecule has 2 atom stereocenters. The summed E-state index contributed by atoms with van der Waals surface area (Å²) in [5, 5.41) is 4.01. The molecule has 26 heavy (non-hydrogen) atoms. The second-order valence-corrected chi connectivity index (χ2v) is 6.50. The minimum absolute atomic E-state index is 0. The average Bonchev–Trinajstić information content (AvgIpc) is 3.04. The molecule has 0 bridgehead atoms. The summed E-state index contributed by atoms with van der Waals surface area (Å²) in [5.41, 5.74) is 6.58. The number of nitrogens with zero attached hydrogens (tertiary/aromatic N) is 2. The Kier molecular flexibility index (Phi) is 6.41. The molecule has 144 valence electrons. The van der Waals surface area contributed by atoms with E-state index >= 15 is 0 Å². The maximum Gasteiger partial charge on any atom is 0.387 e. The first-order chi connectivity index (χ1) is 11.9. The maximum absolute atomic E-state index is 12.4. The lowest BCUT2D eigenvalue weighted by Crippen LogP contribution is -2.44. The highest BCUT2D eigenvalue weighted by atomic mass is 35.5. The molecule has 0 saturated heterocycles. The van der Waals surface area contributed by atoms with Gasteiger partial charge < -0.3 is 19.7 Å². The molecule has 0 radical (unpaired) electrons. The fourth-order valence-electron chi connectivity index (χ4n) is 3.26. The molecule has 6 nitrogen and oxygen atoms in total. The highest BCUT2D eigenvalue weighted by Gasteiger charge is 2.37. The zero-order valence-electron chi connectivity index (χ0n) is 14.6. The van der Waals surface area contributed by atoms with Crippen molar-refractivity contribution in [2.45, 2.75) is 50.7 Å². The van der Waals surface area contributed by atoms with Crippen LogP contribution in [0.15, 0.2) is 22.7 Å². The van der Waals surface area contributed by atoms with Crippen molar-refractivity contribution in [1.29, 1.82) is 0 Å². The Morgan fingerprint density at radius 3 is 2.73 bits per heavy atom. The molecular formula is C17H22ClF2N3O3. The molecule has 1 aliphatic carbocycles. The molecule has 0 aliphatic heterocycles. The fourth-order valence-corrected chi connectivity index (χ4v) is 3.26. The van der Waals surface area contributed by atoms with Crippen LogP contribution in [0.4, 0.5) is 8.78 Å². The third-order valence-corrected chi connectivity index (χ3v) is 4.63. The van der Waals surface area contributed by atoms with Crippen molar-refractivity contribution < 1.29 is 22.8 Å². The summed E-state index contributed by atoms with van der Waals surface area (Å²) in [6.07, 6.45) is 3.97. The van der Waals surface area contributed by atoms with Crippen LogP contribution in [0.3, 0.4) is 0 Å². The average molecular weight is 390 g/mol. The lowest BCUT2D eigenvalue weighted by Gasteiger charge is -2.35. The number of hydrogen-bond acceptors (Lipinski definition) is 6. The summed E-state index contributed by atoms with van der Waals surface area (Å²) >= 11 is 0. The molecule has 0 spiro atoms. The Morgan fingerprint density at radius 1 is 1.31 bits per heavy atom. The molecule has 2 N–H and O–H groups in total. The Balaban J connectivity index is 0.00000243. The van der Waals surface area contributed by atoms with Crippen LogP contribution in [-0.4, -0.2) is 29.4 Å². The number of hydrogen-bond donors (Lipinski definition) is 1. The third kappa shape index (κ3) is 4.24. The van der Waals surface area contributed by atoms with Crippen LogP contribution < -0.4 is 15.2 Å². The van der Waals surface area contributed by atoms with Crippen molar-refractivity contribution in [2.75, 3.05) is 7.11 Å². The molecule has 1 aromatic carbocycles. The molecule has 1 saturated carbocycles. The number of ether oxygens (including phenoxy) is 2. The number of alkyl halides is 2. The van der Waals surface area contributed by atoms with E-state index in [1.54, 1.807) is 6.07 Å². The second kappa shape index (κ2) is 8.18. The zero-order chi connectivity index (χ0) is 18.0. The zero-order valence-corrected chi connectivity index (χ0v) is 15.4. The Bertz CT molecular complexity index is 740. The van der Waals surface area contributed by atoms with E-state index in [1.807, 2.05) is 6.92 Å². The van der Waals surface area contributed by atoms with Crippen LogP contribution in [0.2, 0.25) is 0 Å². The number of methoxy groups -OCH3 is 1. The van der Waals surface area contributed by atoms with Gasteiger partial charge in [-0.3, -0.25) is 0 Å².